The number of halogens is 3. The van der Waals surface area contributed by atoms with E-state index in [4.69, 9.17) is 6.57 Å². The second-order valence-electron chi connectivity index (χ2n) is 6.45. The van der Waals surface area contributed by atoms with Crippen molar-refractivity contribution in [2.45, 2.75) is 62.4 Å². The van der Waals surface area contributed by atoms with Gasteiger partial charge < -0.3 is 4.85 Å². The first kappa shape index (κ1) is 16.8. The molecule has 120 valence electrons. The smallest absolute Gasteiger partial charge is 0.313 e. The minimum absolute atomic E-state index is 0.0841. The molecule has 0 radical (unpaired) electrons. The zero-order valence-electron chi connectivity index (χ0n) is 12.2. The second kappa shape index (κ2) is 6.68. The van der Waals surface area contributed by atoms with Gasteiger partial charge in [-0.15, -0.1) is 0 Å². The van der Waals surface area contributed by atoms with Crippen LogP contribution < -0.4 is 0 Å². The van der Waals surface area contributed by atoms with Crippen molar-refractivity contribution in [2.24, 2.45) is 17.8 Å². The molecule has 0 spiro atoms. The molecule has 0 aliphatic heterocycles. The summed E-state index contributed by atoms with van der Waals surface area (Å²) in [5.41, 5.74) is 0. The minimum Gasteiger partial charge on any atom is -0.313 e. The average molecular weight is 321 g/mol. The van der Waals surface area contributed by atoms with E-state index < -0.39 is 28.9 Å². The van der Waals surface area contributed by atoms with E-state index in [1.54, 1.807) is 6.26 Å². The largest absolute Gasteiger partial charge is 0.399 e. The molecule has 6 heteroatoms. The highest BCUT2D eigenvalue weighted by Crippen LogP contribution is 2.46. The van der Waals surface area contributed by atoms with Gasteiger partial charge in [0, 0.05) is 28.7 Å². The van der Waals surface area contributed by atoms with Crippen molar-refractivity contribution in [3.63, 3.8) is 0 Å². The lowest BCUT2D eigenvalue weighted by Gasteiger charge is -2.38. The van der Waals surface area contributed by atoms with Crippen molar-refractivity contribution < 1.29 is 17.4 Å². The Morgan fingerprint density at radius 1 is 1.05 bits per heavy atom. The van der Waals surface area contributed by atoms with Crippen molar-refractivity contribution in [3.8, 4) is 0 Å². The van der Waals surface area contributed by atoms with Crippen LogP contribution in [-0.4, -0.2) is 27.9 Å². The van der Waals surface area contributed by atoms with Crippen LogP contribution in [-0.2, 0) is 10.8 Å². The molecule has 2 rings (SSSR count). The molecule has 2 saturated carbocycles. The normalized spacial score (nSPS) is 39.5. The molecule has 0 aromatic carbocycles. The number of nitrogens with zero attached hydrogens (tertiary/aromatic N) is 1. The number of hydrogen-bond donors (Lipinski definition) is 0. The van der Waals surface area contributed by atoms with E-state index in [1.807, 2.05) is 0 Å². The Morgan fingerprint density at radius 2 is 1.62 bits per heavy atom. The summed E-state index contributed by atoms with van der Waals surface area (Å²) < 4.78 is 50.8. The molecule has 2 fully saturated rings. The number of rotatable bonds is 2. The molecule has 0 heterocycles. The van der Waals surface area contributed by atoms with Crippen molar-refractivity contribution in [2.75, 3.05) is 6.26 Å². The molecular weight excluding hydrogens is 299 g/mol. The fraction of sp³-hybridized carbons (Fsp3) is 0.933. The van der Waals surface area contributed by atoms with Crippen molar-refractivity contribution in [3.05, 3.63) is 11.4 Å². The Bertz CT molecular complexity index is 424. The summed E-state index contributed by atoms with van der Waals surface area (Å²) in [4.78, 5) is 3.20. The van der Waals surface area contributed by atoms with Gasteiger partial charge in [-0.3, -0.25) is 4.21 Å². The van der Waals surface area contributed by atoms with Crippen LogP contribution in [0.2, 0.25) is 0 Å². The van der Waals surface area contributed by atoms with Gasteiger partial charge in [0.2, 0.25) is 6.04 Å². The fourth-order valence-corrected chi connectivity index (χ4v) is 4.95. The Labute approximate surface area is 126 Å². The first-order valence-electron chi connectivity index (χ1n) is 7.58. The fourth-order valence-electron chi connectivity index (χ4n) is 4.01. The van der Waals surface area contributed by atoms with E-state index in [1.165, 1.54) is 0 Å². The molecule has 0 aromatic rings. The van der Waals surface area contributed by atoms with E-state index in [0.717, 1.165) is 32.1 Å². The van der Waals surface area contributed by atoms with E-state index in [2.05, 4.69) is 4.85 Å². The quantitative estimate of drug-likeness (QED) is 0.699. The lowest BCUT2D eigenvalue weighted by Crippen LogP contribution is -2.40. The molecule has 21 heavy (non-hydrogen) atoms. The zero-order valence-corrected chi connectivity index (χ0v) is 13.1. The summed E-state index contributed by atoms with van der Waals surface area (Å²) >= 11 is 0. The lowest BCUT2D eigenvalue weighted by molar-refractivity contribution is -0.189. The third kappa shape index (κ3) is 4.00. The van der Waals surface area contributed by atoms with Crippen LogP contribution in [0.1, 0.15) is 44.9 Å². The molecule has 0 bridgehead atoms. The highest BCUT2D eigenvalue weighted by atomic mass is 32.2. The zero-order chi connectivity index (χ0) is 15.6. The number of alkyl halides is 3. The average Bonchev–Trinajstić information content (AvgIpc) is 2.45. The maximum absolute atomic E-state index is 13.1. The highest BCUT2D eigenvalue weighted by molar-refractivity contribution is 7.84. The van der Waals surface area contributed by atoms with Crippen molar-refractivity contribution >= 4 is 10.8 Å². The Kier molecular flexibility index (Phi) is 5.34. The SMILES string of the molecule is [C-]#[N+]C1CCC(C2CCC(S(C)=O)CC2)CC1C(F)(F)F. The van der Waals surface area contributed by atoms with Gasteiger partial charge in [0.25, 0.3) is 0 Å². The van der Waals surface area contributed by atoms with Gasteiger partial charge in [-0.05, 0) is 50.4 Å². The van der Waals surface area contributed by atoms with Crippen LogP contribution in [0.15, 0.2) is 0 Å². The summed E-state index contributed by atoms with van der Waals surface area (Å²) in [6, 6.07) is -0.888. The van der Waals surface area contributed by atoms with Crippen molar-refractivity contribution in [1.29, 1.82) is 0 Å². The van der Waals surface area contributed by atoms with E-state index in [9.17, 15) is 17.4 Å². The van der Waals surface area contributed by atoms with Crippen molar-refractivity contribution in [1.82, 2.24) is 0 Å². The van der Waals surface area contributed by atoms with E-state index >= 15 is 0 Å². The second-order valence-corrected chi connectivity index (χ2v) is 8.12. The third-order valence-electron chi connectivity index (χ3n) is 5.30. The molecular formula is C15H22F3NOS. The molecule has 4 atom stereocenters. The molecule has 2 nitrogen and oxygen atoms in total. The molecule has 2 aliphatic rings. The summed E-state index contributed by atoms with van der Waals surface area (Å²) in [7, 11) is -0.820. The molecule has 0 amide bonds. The molecule has 4 unspecified atom stereocenters. The van der Waals surface area contributed by atoms with Gasteiger partial charge >= 0.3 is 6.18 Å². The first-order chi connectivity index (χ1) is 9.82. The Balaban J connectivity index is 1.97. The van der Waals surface area contributed by atoms with Crippen LogP contribution >= 0.6 is 0 Å². The Morgan fingerprint density at radius 3 is 2.10 bits per heavy atom. The van der Waals surface area contributed by atoms with Gasteiger partial charge in [0.1, 0.15) is 5.92 Å². The summed E-state index contributed by atoms with van der Waals surface area (Å²) in [6.07, 6.45) is 2.20. The van der Waals surface area contributed by atoms with Crippen LogP contribution in [0.3, 0.4) is 0 Å². The molecule has 2 aliphatic carbocycles. The standard InChI is InChI=1S/C15H22F3NOS/c1-19-14-8-5-11(9-13(14)15(16,17)18)10-3-6-12(7-4-10)21(2)20/h10-14H,3-9H2,2H3. The lowest BCUT2D eigenvalue weighted by atomic mass is 9.68. The van der Waals surface area contributed by atoms with Crippen LogP contribution in [0.5, 0.6) is 0 Å². The molecule has 0 N–H and O–H groups in total. The van der Waals surface area contributed by atoms with Gasteiger partial charge in [0.05, 0.1) is 0 Å². The highest BCUT2D eigenvalue weighted by Gasteiger charge is 2.52. The maximum Gasteiger partial charge on any atom is 0.399 e. The summed E-state index contributed by atoms with van der Waals surface area (Å²) in [5.74, 6) is -1.05. The monoisotopic (exact) mass is 321 g/mol. The summed E-state index contributed by atoms with van der Waals surface area (Å²) in [6.45, 7) is 6.98. The van der Waals surface area contributed by atoms with Gasteiger partial charge in [-0.25, -0.2) is 6.57 Å². The summed E-state index contributed by atoms with van der Waals surface area (Å²) in [5, 5.41) is 0.222. The van der Waals surface area contributed by atoms with Gasteiger partial charge in [0.15, 0.2) is 0 Å². The van der Waals surface area contributed by atoms with Crippen LogP contribution in [0.4, 0.5) is 13.2 Å². The molecule has 0 aromatic heterocycles. The predicted octanol–water partition coefficient (Wildman–Crippen LogP) is 4.19. The minimum atomic E-state index is -4.25. The van der Waals surface area contributed by atoms with E-state index in [0.29, 0.717) is 12.3 Å². The van der Waals surface area contributed by atoms with Crippen LogP contribution in [0, 0.1) is 24.3 Å². The molecule has 0 saturated heterocycles. The first-order valence-corrected chi connectivity index (χ1v) is 9.20. The maximum atomic E-state index is 13.1. The van der Waals surface area contributed by atoms with Gasteiger partial charge in [-0.1, -0.05) is 0 Å². The Hall–Kier alpha value is -0.570. The topological polar surface area (TPSA) is 21.4 Å². The van der Waals surface area contributed by atoms with E-state index in [-0.39, 0.29) is 17.6 Å². The number of hydrogen-bond acceptors (Lipinski definition) is 1. The van der Waals surface area contributed by atoms with Crippen LogP contribution in [0.25, 0.3) is 4.85 Å². The predicted molar refractivity (Wildman–Crippen MR) is 77.1 cm³/mol. The van der Waals surface area contributed by atoms with Gasteiger partial charge in [-0.2, -0.15) is 13.2 Å². The third-order valence-corrected chi connectivity index (χ3v) is 6.71.